The lowest BCUT2D eigenvalue weighted by molar-refractivity contribution is -0.141. The van der Waals surface area contributed by atoms with Crippen LogP contribution in [-0.2, 0) is 4.79 Å². The first-order valence-corrected chi connectivity index (χ1v) is 8.46. The number of ether oxygens (including phenoxy) is 1. The third-order valence-corrected chi connectivity index (χ3v) is 5.10. The van der Waals surface area contributed by atoms with Gasteiger partial charge >= 0.3 is 12.6 Å². The molecule has 0 saturated carbocycles. The second-order valence-electron chi connectivity index (χ2n) is 5.56. The van der Waals surface area contributed by atoms with Gasteiger partial charge in [0.2, 0.25) is 0 Å². The number of carboxylic acid groups (broad SMARTS) is 1. The molecule has 1 saturated heterocycles. The number of halogens is 2. The van der Waals surface area contributed by atoms with Crippen molar-refractivity contribution < 1.29 is 28.2 Å². The number of benzene rings is 1. The molecule has 1 amide bonds. The van der Waals surface area contributed by atoms with Gasteiger partial charge in [0.1, 0.15) is 11.8 Å². The minimum absolute atomic E-state index is 0.0629. The highest BCUT2D eigenvalue weighted by molar-refractivity contribution is 7.17. The van der Waals surface area contributed by atoms with E-state index in [1.165, 1.54) is 28.4 Å². The average molecular weight is 367 g/mol. The van der Waals surface area contributed by atoms with Crippen molar-refractivity contribution in [1.29, 1.82) is 0 Å². The lowest BCUT2D eigenvalue weighted by atomic mass is 10.2. The Balaban J connectivity index is 1.76. The summed E-state index contributed by atoms with van der Waals surface area (Å²) in [5.74, 6) is -1.22. The molecule has 1 aromatic heterocycles. The number of carboxylic acids is 1. The summed E-state index contributed by atoms with van der Waals surface area (Å²) in [6, 6.07) is 8.77. The zero-order chi connectivity index (χ0) is 18.0. The van der Waals surface area contributed by atoms with Gasteiger partial charge in [0, 0.05) is 11.4 Å². The topological polar surface area (TPSA) is 66.8 Å². The van der Waals surface area contributed by atoms with Crippen LogP contribution in [0.1, 0.15) is 22.5 Å². The van der Waals surface area contributed by atoms with Crippen LogP contribution in [0.2, 0.25) is 0 Å². The smallest absolute Gasteiger partial charge is 0.387 e. The quantitative estimate of drug-likeness (QED) is 0.875. The minimum atomic E-state index is -2.88. The van der Waals surface area contributed by atoms with E-state index in [-0.39, 0.29) is 11.7 Å². The van der Waals surface area contributed by atoms with Crippen LogP contribution in [0.5, 0.6) is 5.75 Å². The van der Waals surface area contributed by atoms with Crippen molar-refractivity contribution in [3.8, 4) is 16.2 Å². The van der Waals surface area contributed by atoms with Gasteiger partial charge in [-0.3, -0.25) is 4.79 Å². The van der Waals surface area contributed by atoms with Crippen LogP contribution >= 0.6 is 11.3 Å². The molecule has 1 unspecified atom stereocenters. The van der Waals surface area contributed by atoms with E-state index in [4.69, 9.17) is 0 Å². The van der Waals surface area contributed by atoms with Crippen LogP contribution in [-0.4, -0.2) is 41.1 Å². The standard InChI is InChI=1S/C17H15F2NO4S/c18-17(19)24-11-5-3-10(4-6-11)13-7-8-14(25-13)15(21)20-9-1-2-12(20)16(22)23/h3-8,12,17H,1-2,9H2,(H,22,23). The SMILES string of the molecule is O=C(O)C1CCCN1C(=O)c1ccc(-c2ccc(OC(F)F)cc2)s1. The Morgan fingerprint density at radius 2 is 1.92 bits per heavy atom. The van der Waals surface area contributed by atoms with E-state index in [0.29, 0.717) is 24.3 Å². The zero-order valence-corrected chi connectivity index (χ0v) is 13.8. The molecule has 1 aliphatic heterocycles. The van der Waals surface area contributed by atoms with Gasteiger partial charge in [0.15, 0.2) is 0 Å². The van der Waals surface area contributed by atoms with Crippen LogP contribution < -0.4 is 4.74 Å². The van der Waals surface area contributed by atoms with Gasteiger partial charge < -0.3 is 14.7 Å². The lowest BCUT2D eigenvalue weighted by Gasteiger charge is -2.20. The van der Waals surface area contributed by atoms with Crippen LogP contribution in [0.3, 0.4) is 0 Å². The third-order valence-electron chi connectivity index (χ3n) is 3.98. The monoisotopic (exact) mass is 367 g/mol. The summed E-state index contributed by atoms with van der Waals surface area (Å²) in [5, 5.41) is 9.20. The number of thiophene rings is 1. The van der Waals surface area contributed by atoms with E-state index >= 15 is 0 Å². The van der Waals surface area contributed by atoms with Crippen LogP contribution in [0.25, 0.3) is 10.4 Å². The molecule has 8 heteroatoms. The van der Waals surface area contributed by atoms with Crippen molar-refractivity contribution in [1.82, 2.24) is 4.90 Å². The molecule has 5 nitrogen and oxygen atoms in total. The maximum Gasteiger partial charge on any atom is 0.387 e. The van der Waals surface area contributed by atoms with Gasteiger partial charge in [-0.15, -0.1) is 11.3 Å². The van der Waals surface area contributed by atoms with E-state index in [9.17, 15) is 23.5 Å². The maximum absolute atomic E-state index is 12.6. The Morgan fingerprint density at radius 1 is 1.20 bits per heavy atom. The predicted molar refractivity (Wildman–Crippen MR) is 88.1 cm³/mol. The molecule has 3 rings (SSSR count). The number of nitrogens with zero attached hydrogens (tertiary/aromatic N) is 1. The van der Waals surface area contributed by atoms with Crippen molar-refractivity contribution in [3.63, 3.8) is 0 Å². The Bertz CT molecular complexity index is 775. The Kier molecular flexibility index (Phi) is 4.98. The second kappa shape index (κ2) is 7.18. The molecular formula is C17H15F2NO4S. The summed E-state index contributed by atoms with van der Waals surface area (Å²) in [6.45, 7) is -2.44. The summed E-state index contributed by atoms with van der Waals surface area (Å²) in [7, 11) is 0. The molecule has 2 aromatic rings. The molecule has 2 heterocycles. The molecule has 0 aliphatic carbocycles. The predicted octanol–water partition coefficient (Wildman–Crippen LogP) is 3.71. The third kappa shape index (κ3) is 3.79. The number of carbonyl (C=O) groups excluding carboxylic acids is 1. The summed E-state index contributed by atoms with van der Waals surface area (Å²) < 4.78 is 28.6. The highest BCUT2D eigenvalue weighted by Gasteiger charge is 2.34. The van der Waals surface area contributed by atoms with Gasteiger partial charge in [-0.2, -0.15) is 8.78 Å². The summed E-state index contributed by atoms with van der Waals surface area (Å²) in [5.41, 5.74) is 0.766. The fraction of sp³-hybridized carbons (Fsp3) is 0.294. The van der Waals surface area contributed by atoms with Crippen molar-refractivity contribution in [2.24, 2.45) is 0 Å². The maximum atomic E-state index is 12.6. The van der Waals surface area contributed by atoms with Gasteiger partial charge in [-0.1, -0.05) is 0 Å². The summed E-state index contributed by atoms with van der Waals surface area (Å²) >= 11 is 1.24. The highest BCUT2D eigenvalue weighted by Crippen LogP contribution is 2.31. The van der Waals surface area contributed by atoms with E-state index < -0.39 is 18.6 Å². The first-order valence-electron chi connectivity index (χ1n) is 7.64. The number of rotatable bonds is 5. The molecule has 1 atom stereocenters. The van der Waals surface area contributed by atoms with E-state index in [1.54, 1.807) is 24.3 Å². The number of alkyl halides is 2. The lowest BCUT2D eigenvalue weighted by Crippen LogP contribution is -2.40. The van der Waals surface area contributed by atoms with E-state index in [2.05, 4.69) is 4.74 Å². The number of hydrogen-bond acceptors (Lipinski definition) is 4. The molecule has 0 spiro atoms. The Hall–Kier alpha value is -2.48. The molecule has 1 aromatic carbocycles. The van der Waals surface area contributed by atoms with E-state index in [0.717, 1.165) is 10.4 Å². The van der Waals surface area contributed by atoms with Gasteiger partial charge in [0.25, 0.3) is 5.91 Å². The number of likely N-dealkylation sites (tertiary alicyclic amines) is 1. The average Bonchev–Trinajstić information content (AvgIpc) is 3.24. The number of carbonyl (C=O) groups is 2. The van der Waals surface area contributed by atoms with Gasteiger partial charge in [-0.25, -0.2) is 4.79 Å². The van der Waals surface area contributed by atoms with Gasteiger partial charge in [-0.05, 0) is 54.8 Å². The van der Waals surface area contributed by atoms with Crippen LogP contribution in [0.4, 0.5) is 8.78 Å². The second-order valence-corrected chi connectivity index (χ2v) is 6.65. The zero-order valence-electron chi connectivity index (χ0n) is 13.0. The first kappa shape index (κ1) is 17.3. The molecule has 0 radical (unpaired) electrons. The molecule has 25 heavy (non-hydrogen) atoms. The van der Waals surface area contributed by atoms with Crippen LogP contribution in [0.15, 0.2) is 36.4 Å². The Morgan fingerprint density at radius 3 is 2.56 bits per heavy atom. The number of amides is 1. The van der Waals surface area contributed by atoms with E-state index in [1.807, 2.05) is 0 Å². The molecule has 1 fully saturated rings. The fourth-order valence-corrected chi connectivity index (χ4v) is 3.78. The molecule has 132 valence electrons. The summed E-state index contributed by atoms with van der Waals surface area (Å²) in [4.78, 5) is 26.4. The molecule has 0 bridgehead atoms. The van der Waals surface area contributed by atoms with Crippen molar-refractivity contribution in [2.75, 3.05) is 6.54 Å². The summed E-state index contributed by atoms with van der Waals surface area (Å²) in [6.07, 6.45) is 1.14. The molecule has 1 aliphatic rings. The normalized spacial score (nSPS) is 17.1. The number of hydrogen-bond donors (Lipinski definition) is 1. The first-order chi connectivity index (χ1) is 12.0. The van der Waals surface area contributed by atoms with Gasteiger partial charge in [0.05, 0.1) is 4.88 Å². The Labute approximate surface area is 146 Å². The number of aliphatic carboxylic acids is 1. The highest BCUT2D eigenvalue weighted by atomic mass is 32.1. The van der Waals surface area contributed by atoms with Crippen molar-refractivity contribution >= 4 is 23.2 Å². The fourth-order valence-electron chi connectivity index (χ4n) is 2.82. The van der Waals surface area contributed by atoms with Crippen LogP contribution in [0, 0.1) is 0 Å². The molecule has 1 N–H and O–H groups in total. The largest absolute Gasteiger partial charge is 0.480 e. The minimum Gasteiger partial charge on any atom is -0.480 e. The van der Waals surface area contributed by atoms with Crippen molar-refractivity contribution in [3.05, 3.63) is 41.3 Å². The molecular weight excluding hydrogens is 352 g/mol. The van der Waals surface area contributed by atoms with Crippen molar-refractivity contribution in [2.45, 2.75) is 25.5 Å².